The molecule has 0 aliphatic rings. The van der Waals surface area contributed by atoms with Crippen LogP contribution in [0.1, 0.15) is 32.3 Å². The van der Waals surface area contributed by atoms with Crippen LogP contribution in [0, 0.1) is 0 Å². The van der Waals surface area contributed by atoms with Crippen LogP contribution in [0.4, 0.5) is 0 Å². The van der Waals surface area contributed by atoms with Crippen molar-refractivity contribution in [2.45, 2.75) is 12.8 Å². The van der Waals surface area contributed by atoms with Crippen LogP contribution in [0.5, 0.6) is 0 Å². The number of thiazole rings is 1. The van der Waals surface area contributed by atoms with E-state index < -0.39 is 5.91 Å². The number of hydrogen-bond acceptors (Lipinski definition) is 6. The van der Waals surface area contributed by atoms with E-state index in [2.05, 4.69) is 15.5 Å². The molecule has 0 aliphatic heterocycles. The van der Waals surface area contributed by atoms with Crippen LogP contribution >= 0.6 is 11.3 Å². The molecule has 0 aliphatic carbocycles. The van der Waals surface area contributed by atoms with E-state index in [0.717, 1.165) is 17.8 Å². The third kappa shape index (κ3) is 4.30. The first-order chi connectivity index (χ1) is 12.1. The predicted octanol–water partition coefficient (Wildman–Crippen LogP) is 2.26. The maximum atomic E-state index is 12.1. The first-order valence-corrected chi connectivity index (χ1v) is 8.55. The summed E-state index contributed by atoms with van der Waals surface area (Å²) >= 11 is 1.60. The second-order valence-corrected chi connectivity index (χ2v) is 6.28. The molecule has 0 saturated carbocycles. The first-order valence-electron chi connectivity index (χ1n) is 7.67. The van der Waals surface area contributed by atoms with Gasteiger partial charge in [-0.05, 0) is 18.6 Å². The van der Waals surface area contributed by atoms with E-state index >= 15 is 0 Å². The van der Waals surface area contributed by atoms with Crippen molar-refractivity contribution in [3.05, 3.63) is 58.2 Å². The van der Waals surface area contributed by atoms with E-state index in [9.17, 15) is 9.59 Å². The van der Waals surface area contributed by atoms with Gasteiger partial charge in [-0.15, -0.1) is 11.3 Å². The molecule has 0 atom stereocenters. The molecule has 128 valence electrons. The van der Waals surface area contributed by atoms with Crippen LogP contribution in [0.25, 0.3) is 11.3 Å². The van der Waals surface area contributed by atoms with Crippen molar-refractivity contribution in [3.63, 3.8) is 0 Å². The number of nitrogens with one attached hydrogen (secondary N) is 1. The van der Waals surface area contributed by atoms with E-state index in [1.165, 1.54) is 0 Å². The Morgan fingerprint density at radius 3 is 2.72 bits per heavy atom. The Morgan fingerprint density at radius 1 is 1.24 bits per heavy atom. The molecule has 0 bridgehead atoms. The molecule has 1 aromatic carbocycles. The van der Waals surface area contributed by atoms with E-state index in [4.69, 9.17) is 10.3 Å². The molecule has 0 spiro atoms. The number of primary amides is 1. The number of aromatic nitrogens is 2. The summed E-state index contributed by atoms with van der Waals surface area (Å²) < 4.78 is 5.20. The van der Waals surface area contributed by atoms with Crippen molar-refractivity contribution in [2.75, 3.05) is 6.54 Å². The molecular weight excluding hydrogens is 340 g/mol. The molecule has 0 unspecified atom stereocenters. The Labute approximate surface area is 147 Å². The second kappa shape index (κ2) is 7.71. The van der Waals surface area contributed by atoms with Crippen LogP contribution in [0.15, 0.2) is 46.4 Å². The number of nitrogens with zero attached hydrogens (tertiary/aromatic N) is 2. The van der Waals surface area contributed by atoms with E-state index in [1.807, 2.05) is 5.38 Å². The number of carbonyl (C=O) groups excluding carboxylic acids is 2. The van der Waals surface area contributed by atoms with Crippen molar-refractivity contribution in [3.8, 4) is 11.3 Å². The van der Waals surface area contributed by atoms with Gasteiger partial charge in [0.1, 0.15) is 0 Å². The number of carbonyl (C=O) groups is 2. The topological polar surface area (TPSA) is 111 Å². The van der Waals surface area contributed by atoms with Gasteiger partial charge >= 0.3 is 0 Å². The van der Waals surface area contributed by atoms with Gasteiger partial charge < -0.3 is 15.6 Å². The summed E-state index contributed by atoms with van der Waals surface area (Å²) in [5, 5.41) is 9.58. The molecule has 2 aromatic heterocycles. The molecule has 2 heterocycles. The smallest absolute Gasteiger partial charge is 0.273 e. The maximum Gasteiger partial charge on any atom is 0.273 e. The third-order valence-electron chi connectivity index (χ3n) is 3.53. The Kier molecular flexibility index (Phi) is 5.20. The molecule has 3 rings (SSSR count). The van der Waals surface area contributed by atoms with Gasteiger partial charge in [-0.3, -0.25) is 9.59 Å². The molecule has 3 aromatic rings. The van der Waals surface area contributed by atoms with Crippen molar-refractivity contribution >= 4 is 23.2 Å². The normalized spacial score (nSPS) is 10.6. The molecule has 2 amide bonds. The molecular formula is C17H16N4O3S. The minimum Gasteiger partial charge on any atom is -0.366 e. The van der Waals surface area contributed by atoms with Gasteiger partial charge in [-0.1, -0.05) is 17.3 Å². The van der Waals surface area contributed by atoms with Crippen LogP contribution in [-0.2, 0) is 6.42 Å². The monoisotopic (exact) mass is 356 g/mol. The molecule has 25 heavy (non-hydrogen) atoms. The summed E-state index contributed by atoms with van der Waals surface area (Å²) in [6.45, 7) is 0.536. The number of amides is 2. The Bertz CT molecular complexity index is 856. The summed E-state index contributed by atoms with van der Waals surface area (Å²) in [4.78, 5) is 27.4. The lowest BCUT2D eigenvalue weighted by molar-refractivity contribution is 0.0943. The number of hydrogen-bond donors (Lipinski definition) is 2. The lowest BCUT2D eigenvalue weighted by Crippen LogP contribution is -2.25. The highest BCUT2D eigenvalue weighted by Crippen LogP contribution is 2.20. The molecule has 3 N–H and O–H groups in total. The van der Waals surface area contributed by atoms with E-state index in [-0.39, 0.29) is 11.6 Å². The number of nitrogens with two attached hydrogens (primary N) is 1. The fourth-order valence-electron chi connectivity index (χ4n) is 2.23. The van der Waals surface area contributed by atoms with Gasteiger partial charge in [0, 0.05) is 41.7 Å². The highest BCUT2D eigenvalue weighted by atomic mass is 32.1. The zero-order valence-electron chi connectivity index (χ0n) is 13.3. The maximum absolute atomic E-state index is 12.1. The highest BCUT2D eigenvalue weighted by molar-refractivity contribution is 7.09. The molecule has 0 radical (unpaired) electrons. The van der Waals surface area contributed by atoms with Gasteiger partial charge in [-0.25, -0.2) is 4.98 Å². The summed E-state index contributed by atoms with van der Waals surface area (Å²) in [5.74, 6) is -0.339. The fraction of sp³-hybridized carbons (Fsp3) is 0.176. The summed E-state index contributed by atoms with van der Waals surface area (Å²) in [6.07, 6.45) is 3.40. The molecule has 0 fully saturated rings. The average Bonchev–Trinajstić information content (AvgIpc) is 3.30. The zero-order chi connectivity index (χ0) is 17.6. The molecule has 8 heteroatoms. The SMILES string of the molecule is NC(=O)c1ccc(-c2cc(C(=O)NCCCc3nccs3)no2)cc1. The Morgan fingerprint density at radius 2 is 2.04 bits per heavy atom. The van der Waals surface area contributed by atoms with Crippen molar-refractivity contribution in [1.29, 1.82) is 0 Å². The lowest BCUT2D eigenvalue weighted by Gasteiger charge is -2.01. The van der Waals surface area contributed by atoms with E-state index in [0.29, 0.717) is 23.4 Å². The largest absolute Gasteiger partial charge is 0.366 e. The summed E-state index contributed by atoms with van der Waals surface area (Å²) in [5.41, 5.74) is 6.53. The Hall–Kier alpha value is -3.00. The van der Waals surface area contributed by atoms with Gasteiger partial charge in [0.05, 0.1) is 5.01 Å². The fourth-order valence-corrected chi connectivity index (χ4v) is 2.89. The number of benzene rings is 1. The third-order valence-corrected chi connectivity index (χ3v) is 4.37. The van der Waals surface area contributed by atoms with E-state index in [1.54, 1.807) is 47.9 Å². The standard InChI is InChI=1S/C17H16N4O3S/c18-16(22)12-5-3-11(4-6-12)14-10-13(21-24-14)17(23)20-7-1-2-15-19-8-9-25-15/h3-6,8-10H,1-2,7H2,(H2,18,22)(H,20,23). The molecule has 0 saturated heterocycles. The average molecular weight is 356 g/mol. The minimum absolute atomic E-state index is 0.211. The van der Waals surface area contributed by atoms with Crippen molar-refractivity contribution in [1.82, 2.24) is 15.5 Å². The highest BCUT2D eigenvalue weighted by Gasteiger charge is 2.13. The van der Waals surface area contributed by atoms with Crippen LogP contribution in [-0.4, -0.2) is 28.5 Å². The van der Waals surface area contributed by atoms with Gasteiger partial charge in [0.25, 0.3) is 5.91 Å². The quantitative estimate of drug-likeness (QED) is 0.631. The van der Waals surface area contributed by atoms with Crippen molar-refractivity contribution in [2.24, 2.45) is 5.73 Å². The van der Waals surface area contributed by atoms with Crippen LogP contribution in [0.3, 0.4) is 0 Å². The Balaban J connectivity index is 1.55. The zero-order valence-corrected chi connectivity index (χ0v) is 14.1. The minimum atomic E-state index is -0.498. The number of aryl methyl sites for hydroxylation is 1. The number of rotatable bonds is 7. The second-order valence-electron chi connectivity index (χ2n) is 5.30. The van der Waals surface area contributed by atoms with Crippen molar-refractivity contribution < 1.29 is 14.1 Å². The lowest BCUT2D eigenvalue weighted by atomic mass is 10.1. The van der Waals surface area contributed by atoms with Gasteiger partial charge in [0.15, 0.2) is 11.5 Å². The summed E-state index contributed by atoms with van der Waals surface area (Å²) in [6, 6.07) is 8.14. The molecule has 7 nitrogen and oxygen atoms in total. The van der Waals surface area contributed by atoms with Crippen LogP contribution in [0.2, 0.25) is 0 Å². The van der Waals surface area contributed by atoms with Gasteiger partial charge in [-0.2, -0.15) is 0 Å². The first kappa shape index (κ1) is 16.8. The van der Waals surface area contributed by atoms with Crippen LogP contribution < -0.4 is 11.1 Å². The van der Waals surface area contributed by atoms with Gasteiger partial charge in [0.2, 0.25) is 5.91 Å². The summed E-state index contributed by atoms with van der Waals surface area (Å²) in [7, 11) is 0. The predicted molar refractivity (Wildman–Crippen MR) is 93.2 cm³/mol.